The first-order valence-electron chi connectivity index (χ1n) is 7.95. The molecule has 0 unspecified atom stereocenters. The van der Waals surface area contributed by atoms with Crippen molar-refractivity contribution in [2.45, 2.75) is 41.5 Å². The summed E-state index contributed by atoms with van der Waals surface area (Å²) in [5.74, 6) is 0.169. The van der Waals surface area contributed by atoms with E-state index in [9.17, 15) is 5.11 Å². The Morgan fingerprint density at radius 1 is 0.682 bits per heavy atom. The zero-order valence-corrected chi connectivity index (χ0v) is 14.4. The maximum Gasteiger partial charge on any atom is 0.143 e. The highest BCUT2D eigenvalue weighted by Gasteiger charge is 2.06. The maximum absolute atomic E-state index is 9.69. The molecule has 4 heteroatoms. The molecular weight excluding hydrogens is 274 g/mol. The van der Waals surface area contributed by atoms with E-state index in [0.29, 0.717) is 5.69 Å². The first-order valence-corrected chi connectivity index (χ1v) is 7.95. The van der Waals surface area contributed by atoms with Crippen molar-refractivity contribution in [1.82, 2.24) is 15.0 Å². The van der Waals surface area contributed by atoms with E-state index in [4.69, 9.17) is 0 Å². The predicted octanol–water partition coefficient (Wildman–Crippen LogP) is 5.20. The van der Waals surface area contributed by atoms with Crippen LogP contribution in [-0.4, -0.2) is 20.1 Å². The van der Waals surface area contributed by atoms with Crippen molar-refractivity contribution < 1.29 is 5.11 Å². The maximum atomic E-state index is 9.69. The third-order valence-corrected chi connectivity index (χ3v) is 2.38. The van der Waals surface area contributed by atoms with Gasteiger partial charge in [-0.1, -0.05) is 65.8 Å². The molecule has 3 aromatic rings. The van der Waals surface area contributed by atoms with Crippen LogP contribution < -0.4 is 0 Å². The molecule has 0 fully saturated rings. The fourth-order valence-corrected chi connectivity index (χ4v) is 1.60. The smallest absolute Gasteiger partial charge is 0.143 e. The molecule has 0 aliphatic heterocycles. The average Bonchev–Trinajstić information content (AvgIpc) is 3.04. The summed E-state index contributed by atoms with van der Waals surface area (Å²) in [7, 11) is 0. The Balaban J connectivity index is 0.000000661. The van der Waals surface area contributed by atoms with E-state index in [1.54, 1.807) is 18.2 Å². The lowest BCUT2D eigenvalue weighted by Gasteiger charge is -2.00. The molecule has 0 saturated heterocycles. The molecule has 2 aromatic carbocycles. The Kier molecular flexibility index (Phi) is 10.1. The number of phenols is 1. The Morgan fingerprint density at radius 2 is 1.09 bits per heavy atom. The van der Waals surface area contributed by atoms with E-state index in [-0.39, 0.29) is 5.75 Å². The van der Waals surface area contributed by atoms with Gasteiger partial charge in [-0.2, -0.15) is 0 Å². The molecule has 1 heterocycles. The van der Waals surface area contributed by atoms with Gasteiger partial charge in [0.2, 0.25) is 0 Å². The fraction of sp³-hybridized carbons (Fsp3) is 0.333. The molecule has 0 amide bonds. The first kappa shape index (κ1) is 19.6. The second-order valence-electron chi connectivity index (χ2n) is 3.47. The number of hydrogen-bond acceptors (Lipinski definition) is 3. The van der Waals surface area contributed by atoms with Crippen LogP contribution in [0.25, 0.3) is 16.7 Å². The van der Waals surface area contributed by atoms with Crippen LogP contribution in [0.1, 0.15) is 41.5 Å². The highest BCUT2D eigenvalue weighted by molar-refractivity contribution is 5.73. The summed E-state index contributed by atoms with van der Waals surface area (Å²) >= 11 is 0. The molecule has 0 aliphatic carbocycles. The number of hydrogen-bond donors (Lipinski definition) is 1. The third-order valence-electron chi connectivity index (χ3n) is 2.38. The van der Waals surface area contributed by atoms with Gasteiger partial charge in [0.15, 0.2) is 0 Å². The summed E-state index contributed by atoms with van der Waals surface area (Å²) in [4.78, 5) is 1.44. The monoisotopic (exact) mass is 301 g/mol. The van der Waals surface area contributed by atoms with E-state index >= 15 is 0 Å². The molecule has 1 aromatic heterocycles. The minimum atomic E-state index is 0.169. The topological polar surface area (TPSA) is 50.9 Å². The van der Waals surface area contributed by atoms with E-state index in [1.165, 1.54) is 4.80 Å². The molecule has 3 rings (SSSR count). The van der Waals surface area contributed by atoms with E-state index in [1.807, 2.05) is 71.9 Å². The molecule has 22 heavy (non-hydrogen) atoms. The van der Waals surface area contributed by atoms with Crippen LogP contribution in [0.5, 0.6) is 5.75 Å². The number of benzene rings is 2. The minimum Gasteiger partial charge on any atom is -0.506 e. The summed E-state index contributed by atoms with van der Waals surface area (Å²) in [5, 5.41) is 18.3. The Hall–Kier alpha value is -2.36. The van der Waals surface area contributed by atoms with Crippen LogP contribution >= 0.6 is 0 Å². The van der Waals surface area contributed by atoms with Gasteiger partial charge >= 0.3 is 0 Å². The summed E-state index contributed by atoms with van der Waals surface area (Å²) in [6.45, 7) is 12.0. The van der Waals surface area contributed by atoms with Crippen molar-refractivity contribution in [2.75, 3.05) is 0 Å². The summed E-state index contributed by atoms with van der Waals surface area (Å²) < 4.78 is 0. The lowest BCUT2D eigenvalue weighted by atomic mass is 10.3. The number of para-hydroxylation sites is 2. The second kappa shape index (κ2) is 11.3. The van der Waals surface area contributed by atoms with Crippen molar-refractivity contribution in [2.24, 2.45) is 0 Å². The van der Waals surface area contributed by atoms with Crippen molar-refractivity contribution >= 4 is 11.0 Å². The third kappa shape index (κ3) is 4.88. The molecular formula is C18H27N3O. The molecule has 0 radical (unpaired) electrons. The molecule has 0 atom stereocenters. The lowest BCUT2D eigenvalue weighted by molar-refractivity contribution is 0.468. The Morgan fingerprint density at radius 3 is 1.55 bits per heavy atom. The fourth-order valence-electron chi connectivity index (χ4n) is 1.60. The largest absolute Gasteiger partial charge is 0.506 e. The molecule has 0 saturated carbocycles. The zero-order chi connectivity index (χ0) is 17.0. The van der Waals surface area contributed by atoms with Crippen molar-refractivity contribution in [1.29, 1.82) is 0 Å². The van der Waals surface area contributed by atoms with Gasteiger partial charge in [0.1, 0.15) is 22.5 Å². The average molecular weight is 301 g/mol. The lowest BCUT2D eigenvalue weighted by Crippen LogP contribution is -1.98. The van der Waals surface area contributed by atoms with Crippen LogP contribution in [0, 0.1) is 0 Å². The number of aromatic nitrogens is 3. The molecule has 4 nitrogen and oxygen atoms in total. The van der Waals surface area contributed by atoms with Crippen molar-refractivity contribution in [3.05, 3.63) is 48.5 Å². The van der Waals surface area contributed by atoms with E-state index in [2.05, 4.69) is 10.2 Å². The molecule has 0 bridgehead atoms. The van der Waals surface area contributed by atoms with Gasteiger partial charge in [-0.25, -0.2) is 0 Å². The highest BCUT2D eigenvalue weighted by Crippen LogP contribution is 2.20. The van der Waals surface area contributed by atoms with Gasteiger partial charge < -0.3 is 5.11 Å². The zero-order valence-electron chi connectivity index (χ0n) is 14.4. The van der Waals surface area contributed by atoms with Crippen LogP contribution in [0.4, 0.5) is 0 Å². The Labute approximate surface area is 133 Å². The number of aromatic hydroxyl groups is 1. The van der Waals surface area contributed by atoms with Gasteiger partial charge in [-0.15, -0.1) is 15.0 Å². The van der Waals surface area contributed by atoms with Crippen molar-refractivity contribution in [3.8, 4) is 11.4 Å². The molecule has 1 N–H and O–H groups in total. The summed E-state index contributed by atoms with van der Waals surface area (Å²) in [5.41, 5.74) is 2.20. The van der Waals surface area contributed by atoms with Gasteiger partial charge in [0.25, 0.3) is 0 Å². The number of fused-ring (bicyclic) bond motifs is 1. The predicted molar refractivity (Wildman–Crippen MR) is 94.6 cm³/mol. The van der Waals surface area contributed by atoms with E-state index in [0.717, 1.165) is 11.0 Å². The number of nitrogens with zero attached hydrogens (tertiary/aromatic N) is 3. The van der Waals surface area contributed by atoms with Crippen LogP contribution in [-0.2, 0) is 0 Å². The summed E-state index contributed by atoms with van der Waals surface area (Å²) in [6, 6.07) is 14.6. The van der Waals surface area contributed by atoms with Crippen LogP contribution in [0.2, 0.25) is 0 Å². The van der Waals surface area contributed by atoms with Crippen LogP contribution in [0.3, 0.4) is 0 Å². The Bertz CT molecular complexity index is 614. The van der Waals surface area contributed by atoms with Crippen LogP contribution in [0.15, 0.2) is 48.5 Å². The number of rotatable bonds is 1. The molecule has 0 aliphatic rings. The standard InChI is InChI=1S/C12H9N3O.3C2H6/c16-12-8-4-3-7-11(12)15-13-9-5-1-2-6-10(9)14-15;3*1-2/h1-8,16H;3*1-2H3. The van der Waals surface area contributed by atoms with Crippen molar-refractivity contribution in [3.63, 3.8) is 0 Å². The summed E-state index contributed by atoms with van der Waals surface area (Å²) in [6.07, 6.45) is 0. The quantitative estimate of drug-likeness (QED) is 0.671. The van der Waals surface area contributed by atoms with Gasteiger partial charge in [0.05, 0.1) is 0 Å². The SMILES string of the molecule is CC.CC.CC.Oc1ccccc1-n1nc2ccccc2n1. The minimum absolute atomic E-state index is 0.169. The number of phenolic OH excluding ortho intramolecular Hbond substituents is 1. The normalized spacial score (nSPS) is 8.64. The molecule has 0 spiro atoms. The highest BCUT2D eigenvalue weighted by atomic mass is 16.3. The van der Waals surface area contributed by atoms with E-state index < -0.39 is 0 Å². The second-order valence-corrected chi connectivity index (χ2v) is 3.47. The van der Waals surface area contributed by atoms with Gasteiger partial charge in [0, 0.05) is 0 Å². The van der Waals surface area contributed by atoms with Gasteiger partial charge in [-0.05, 0) is 24.3 Å². The van der Waals surface area contributed by atoms with Gasteiger partial charge in [-0.3, -0.25) is 0 Å². The molecule has 120 valence electrons. The first-order chi connectivity index (χ1) is 10.8.